The molecule has 1 aliphatic heterocycles. The van der Waals surface area contributed by atoms with Gasteiger partial charge in [0.2, 0.25) is 0 Å². The maximum absolute atomic E-state index is 12.6. The Labute approximate surface area is 125 Å². The van der Waals surface area contributed by atoms with Crippen LogP contribution in [0.25, 0.3) is 0 Å². The zero-order valence-corrected chi connectivity index (χ0v) is 12.8. The molecule has 1 saturated heterocycles. The fourth-order valence-electron chi connectivity index (χ4n) is 2.59. The molecule has 2 heterocycles. The fourth-order valence-corrected chi connectivity index (χ4v) is 2.59. The molecule has 0 saturated carbocycles. The Morgan fingerprint density at radius 2 is 2.19 bits per heavy atom. The lowest BCUT2D eigenvalue weighted by Gasteiger charge is -2.19. The van der Waals surface area contributed by atoms with Gasteiger partial charge in [0.25, 0.3) is 5.91 Å². The van der Waals surface area contributed by atoms with Crippen molar-refractivity contribution in [2.45, 2.75) is 39.2 Å². The molecule has 6 heteroatoms. The van der Waals surface area contributed by atoms with Crippen LogP contribution < -0.4 is 11.3 Å². The Morgan fingerprint density at radius 3 is 2.71 bits per heavy atom. The van der Waals surface area contributed by atoms with Crippen molar-refractivity contribution in [2.75, 3.05) is 18.5 Å². The first-order chi connectivity index (χ1) is 9.92. The number of amides is 1. The standard InChI is InChI=1S/C15H24N4O2/c1-9(2)13-6-12(7-14(17-13)18-16)15(21)19-5-4-11(8-19)10(3)20/h6-7,9-11,20H,4-5,8,16H2,1-3H3,(H,17,18). The van der Waals surface area contributed by atoms with Gasteiger partial charge in [0.05, 0.1) is 6.10 Å². The second kappa shape index (κ2) is 6.41. The number of aliphatic hydroxyl groups excluding tert-OH is 1. The van der Waals surface area contributed by atoms with E-state index in [1.54, 1.807) is 17.9 Å². The monoisotopic (exact) mass is 292 g/mol. The topological polar surface area (TPSA) is 91.5 Å². The third-order valence-electron chi connectivity index (χ3n) is 4.03. The van der Waals surface area contributed by atoms with Crippen molar-refractivity contribution in [3.8, 4) is 0 Å². The minimum absolute atomic E-state index is 0.0287. The van der Waals surface area contributed by atoms with Crippen molar-refractivity contribution >= 4 is 11.7 Å². The molecule has 0 radical (unpaired) electrons. The SMILES string of the molecule is CC(C)c1cc(C(=O)N2CCC(C(C)O)C2)cc(NN)n1. The van der Waals surface area contributed by atoms with Gasteiger partial charge >= 0.3 is 0 Å². The van der Waals surface area contributed by atoms with E-state index in [4.69, 9.17) is 5.84 Å². The van der Waals surface area contributed by atoms with Gasteiger partial charge in [-0.15, -0.1) is 0 Å². The number of aromatic nitrogens is 1. The molecule has 2 atom stereocenters. The van der Waals surface area contributed by atoms with E-state index in [1.807, 2.05) is 19.9 Å². The maximum atomic E-state index is 12.6. The fraction of sp³-hybridized carbons (Fsp3) is 0.600. The van der Waals surface area contributed by atoms with E-state index >= 15 is 0 Å². The molecule has 2 rings (SSSR count). The lowest BCUT2D eigenvalue weighted by atomic mass is 10.0. The van der Waals surface area contributed by atoms with Crippen LogP contribution in [-0.2, 0) is 0 Å². The Morgan fingerprint density at radius 1 is 1.48 bits per heavy atom. The molecule has 1 amide bonds. The summed E-state index contributed by atoms with van der Waals surface area (Å²) in [6.07, 6.45) is 0.459. The van der Waals surface area contributed by atoms with Crippen molar-refractivity contribution in [3.63, 3.8) is 0 Å². The molecule has 0 aromatic carbocycles. The van der Waals surface area contributed by atoms with Crippen LogP contribution in [0.3, 0.4) is 0 Å². The van der Waals surface area contributed by atoms with Gasteiger partial charge in [-0.1, -0.05) is 13.8 Å². The summed E-state index contributed by atoms with van der Waals surface area (Å²) in [5.74, 6) is 6.28. The Hall–Kier alpha value is -1.66. The molecule has 1 aromatic heterocycles. The number of hydrogen-bond acceptors (Lipinski definition) is 5. The summed E-state index contributed by atoms with van der Waals surface area (Å²) in [5, 5.41) is 9.65. The highest BCUT2D eigenvalue weighted by molar-refractivity contribution is 5.95. The first-order valence-electron chi connectivity index (χ1n) is 7.38. The summed E-state index contributed by atoms with van der Waals surface area (Å²) in [6, 6.07) is 3.49. The van der Waals surface area contributed by atoms with Crippen LogP contribution in [0.5, 0.6) is 0 Å². The highest BCUT2D eigenvalue weighted by Gasteiger charge is 2.30. The summed E-state index contributed by atoms with van der Waals surface area (Å²) < 4.78 is 0. The van der Waals surface area contributed by atoms with Gasteiger partial charge in [-0.25, -0.2) is 10.8 Å². The highest BCUT2D eigenvalue weighted by Crippen LogP contribution is 2.23. The molecule has 21 heavy (non-hydrogen) atoms. The predicted molar refractivity (Wildman–Crippen MR) is 81.8 cm³/mol. The molecule has 1 aromatic rings. The minimum Gasteiger partial charge on any atom is -0.393 e. The molecule has 0 aliphatic carbocycles. The number of pyridine rings is 1. The van der Waals surface area contributed by atoms with Gasteiger partial charge in [-0.05, 0) is 31.4 Å². The Balaban J connectivity index is 2.21. The van der Waals surface area contributed by atoms with E-state index in [1.165, 1.54) is 0 Å². The van der Waals surface area contributed by atoms with Gasteiger partial charge in [-0.3, -0.25) is 4.79 Å². The third kappa shape index (κ3) is 3.51. The molecule has 2 unspecified atom stereocenters. The number of hydrazine groups is 1. The third-order valence-corrected chi connectivity index (χ3v) is 4.03. The zero-order valence-electron chi connectivity index (χ0n) is 12.8. The van der Waals surface area contributed by atoms with Gasteiger partial charge in [0.15, 0.2) is 0 Å². The number of likely N-dealkylation sites (tertiary alicyclic amines) is 1. The second-order valence-corrected chi connectivity index (χ2v) is 6.01. The van der Waals surface area contributed by atoms with Crippen molar-refractivity contribution < 1.29 is 9.90 Å². The van der Waals surface area contributed by atoms with Gasteiger partial charge in [0, 0.05) is 30.3 Å². The largest absolute Gasteiger partial charge is 0.393 e. The molecule has 0 bridgehead atoms. The summed E-state index contributed by atoms with van der Waals surface area (Å²) in [4.78, 5) is 18.8. The number of carbonyl (C=O) groups excluding carboxylic acids is 1. The van der Waals surface area contributed by atoms with E-state index < -0.39 is 0 Å². The normalized spacial score (nSPS) is 19.9. The zero-order chi connectivity index (χ0) is 15.6. The van der Waals surface area contributed by atoms with Crippen LogP contribution in [0.15, 0.2) is 12.1 Å². The van der Waals surface area contributed by atoms with Crippen LogP contribution in [0, 0.1) is 5.92 Å². The van der Waals surface area contributed by atoms with Crippen molar-refractivity contribution in [2.24, 2.45) is 11.8 Å². The van der Waals surface area contributed by atoms with Crippen LogP contribution in [0.4, 0.5) is 5.82 Å². The number of nitrogens with one attached hydrogen (secondary N) is 1. The van der Waals surface area contributed by atoms with E-state index in [9.17, 15) is 9.90 Å². The molecule has 116 valence electrons. The minimum atomic E-state index is -0.382. The molecule has 0 spiro atoms. The van der Waals surface area contributed by atoms with E-state index in [0.29, 0.717) is 24.5 Å². The molecular weight excluding hydrogens is 268 g/mol. The second-order valence-electron chi connectivity index (χ2n) is 6.01. The lowest BCUT2D eigenvalue weighted by molar-refractivity contribution is 0.0762. The number of hydrogen-bond donors (Lipinski definition) is 3. The summed E-state index contributed by atoms with van der Waals surface area (Å²) >= 11 is 0. The Bertz CT molecular complexity index is 516. The smallest absolute Gasteiger partial charge is 0.254 e. The van der Waals surface area contributed by atoms with Gasteiger partial charge in [0.1, 0.15) is 5.82 Å². The Kier molecular flexibility index (Phi) is 4.80. The van der Waals surface area contributed by atoms with E-state index in [0.717, 1.165) is 12.1 Å². The highest BCUT2D eigenvalue weighted by atomic mass is 16.3. The van der Waals surface area contributed by atoms with Crippen LogP contribution in [0.1, 0.15) is 49.2 Å². The first-order valence-corrected chi connectivity index (χ1v) is 7.38. The quantitative estimate of drug-likeness (QED) is 0.575. The van der Waals surface area contributed by atoms with E-state index in [2.05, 4.69) is 10.4 Å². The number of nitrogen functional groups attached to an aromatic ring is 1. The molecule has 1 aliphatic rings. The molecule has 1 fully saturated rings. The maximum Gasteiger partial charge on any atom is 0.254 e. The first kappa shape index (κ1) is 15.7. The number of rotatable bonds is 4. The number of aliphatic hydroxyl groups is 1. The van der Waals surface area contributed by atoms with Crippen LogP contribution in [0.2, 0.25) is 0 Å². The van der Waals surface area contributed by atoms with E-state index in [-0.39, 0.29) is 23.8 Å². The number of nitrogens with zero attached hydrogens (tertiary/aromatic N) is 2. The van der Waals surface area contributed by atoms with Crippen LogP contribution in [-0.4, -0.2) is 40.1 Å². The van der Waals surface area contributed by atoms with Crippen molar-refractivity contribution in [1.82, 2.24) is 9.88 Å². The molecule has 6 nitrogen and oxygen atoms in total. The van der Waals surface area contributed by atoms with Gasteiger partial charge in [-0.2, -0.15) is 0 Å². The number of carbonyl (C=O) groups is 1. The van der Waals surface area contributed by atoms with Gasteiger partial charge < -0.3 is 15.4 Å². The molecule has 4 N–H and O–H groups in total. The average molecular weight is 292 g/mol. The van der Waals surface area contributed by atoms with Crippen LogP contribution >= 0.6 is 0 Å². The average Bonchev–Trinajstić information content (AvgIpc) is 2.95. The van der Waals surface area contributed by atoms with Crippen molar-refractivity contribution in [3.05, 3.63) is 23.4 Å². The lowest BCUT2D eigenvalue weighted by Crippen LogP contribution is -2.30. The predicted octanol–water partition coefficient (Wildman–Crippen LogP) is 1.33. The summed E-state index contributed by atoms with van der Waals surface area (Å²) in [7, 11) is 0. The van der Waals surface area contributed by atoms with Crippen molar-refractivity contribution in [1.29, 1.82) is 0 Å². The molecular formula is C15H24N4O2. The summed E-state index contributed by atoms with van der Waals surface area (Å²) in [5.41, 5.74) is 3.94. The summed E-state index contributed by atoms with van der Waals surface area (Å²) in [6.45, 7) is 7.10. The number of anilines is 1. The number of nitrogens with two attached hydrogens (primary N) is 1.